The summed E-state index contributed by atoms with van der Waals surface area (Å²) in [5, 5.41) is 0. The maximum absolute atomic E-state index is 7.68. The zero-order valence-electron chi connectivity index (χ0n) is 34.0. The molecule has 0 amide bonds. The molecule has 6 rings (SSSR count). The first kappa shape index (κ1) is 43.3. The molecule has 0 unspecified atom stereocenters. The highest BCUT2D eigenvalue weighted by Gasteiger charge is 2.84. The van der Waals surface area contributed by atoms with Crippen LogP contribution in [-0.2, 0) is 53.8 Å². The van der Waals surface area contributed by atoms with E-state index in [0.717, 1.165) is 0 Å². The molecule has 298 valence electrons. The van der Waals surface area contributed by atoms with E-state index in [2.05, 4.69) is 96.9 Å². The normalized spacial score (nSPS) is 42.5. The topological polar surface area (TPSA) is 120 Å². The van der Waals surface area contributed by atoms with Gasteiger partial charge in [0.2, 0.25) is 0 Å². The summed E-state index contributed by atoms with van der Waals surface area (Å²) in [6.45, 7) is 32.2. The Labute approximate surface area is 317 Å². The van der Waals surface area contributed by atoms with Crippen LogP contribution in [0.3, 0.4) is 0 Å². The lowest BCUT2D eigenvalue weighted by Crippen LogP contribution is -2.89. The maximum atomic E-state index is 7.68. The van der Waals surface area contributed by atoms with Crippen molar-refractivity contribution in [2.24, 2.45) is 41.4 Å². The zero-order chi connectivity index (χ0) is 37.9. The Balaban J connectivity index is 1.96. The van der Waals surface area contributed by atoms with Gasteiger partial charge in [-0.05, 0) is 48.3 Å². The molecule has 0 radical (unpaired) electrons. The smallest absolute Gasteiger partial charge is 0.373 e. The van der Waals surface area contributed by atoms with Gasteiger partial charge in [-0.2, -0.15) is 0 Å². The first-order valence-corrected chi connectivity index (χ1v) is 34.7. The zero-order valence-corrected chi connectivity index (χ0v) is 42.0. The van der Waals surface area contributed by atoms with E-state index >= 15 is 0 Å². The van der Waals surface area contributed by atoms with Gasteiger partial charge in [-0.25, -0.2) is 0 Å². The highest BCUT2D eigenvalue weighted by Crippen LogP contribution is 2.55. The average Bonchev–Trinajstić information content (AvgIpc) is 2.80. The minimum Gasteiger partial charge on any atom is -0.373 e. The summed E-state index contributed by atoms with van der Waals surface area (Å²) < 4.78 is 97.9. The molecule has 0 N–H and O–H groups in total. The van der Waals surface area contributed by atoms with Crippen molar-refractivity contribution < 1.29 is 53.8 Å². The third-order valence-corrected chi connectivity index (χ3v) is 47.6. The minimum absolute atomic E-state index is 0.100. The first-order chi connectivity index (χ1) is 23.5. The van der Waals surface area contributed by atoms with Crippen LogP contribution in [-0.4, -0.2) is 77.3 Å². The van der Waals surface area contributed by atoms with E-state index < -0.39 is 70.7 Å². The van der Waals surface area contributed by atoms with Gasteiger partial charge in [0.15, 0.2) is 0 Å². The van der Waals surface area contributed by atoms with E-state index in [9.17, 15) is 0 Å². The molecule has 6 heterocycles. The van der Waals surface area contributed by atoms with E-state index in [1.54, 1.807) is 0 Å². The average molecular weight is 862 g/mol. The maximum Gasteiger partial charge on any atom is 0.657 e. The van der Waals surface area contributed by atoms with Gasteiger partial charge >= 0.3 is 70.7 Å². The summed E-state index contributed by atoms with van der Waals surface area (Å²) in [7, 11) is -31.7. The molecule has 13 nitrogen and oxygen atoms in total. The molecule has 0 aromatic carbocycles. The Kier molecular flexibility index (Phi) is 13.2. The third-order valence-electron chi connectivity index (χ3n) is 8.57. The van der Waals surface area contributed by atoms with Crippen LogP contribution in [0.5, 0.6) is 0 Å². The summed E-state index contributed by atoms with van der Waals surface area (Å²) in [6, 6.07) is 3.22. The predicted octanol–water partition coefficient (Wildman–Crippen LogP) is 7.89. The summed E-state index contributed by atoms with van der Waals surface area (Å²) in [6.07, 6.45) is 0. The quantitative estimate of drug-likeness (QED) is 0.140. The molecule has 0 aliphatic carbocycles. The molecule has 0 aromatic rings. The highest BCUT2D eigenvalue weighted by molar-refractivity contribution is 7.02. The van der Waals surface area contributed by atoms with Crippen LogP contribution in [0.4, 0.5) is 0 Å². The first-order valence-electron chi connectivity index (χ1n) is 19.5. The van der Waals surface area contributed by atoms with Gasteiger partial charge in [-0.1, -0.05) is 96.9 Å². The molecule has 6 saturated heterocycles. The van der Waals surface area contributed by atoms with Crippen LogP contribution in [0.15, 0.2) is 0 Å². The summed E-state index contributed by atoms with van der Waals surface area (Å²) >= 11 is 0. The van der Waals surface area contributed by atoms with Gasteiger partial charge in [0.1, 0.15) is 0 Å². The standard InChI is InChI=1S/C30H68O13Si8/c1-16-31-51-41-48(21-28(10)11)35-45(18-25(4)5)32-44(17-24(2)3)33-46(37-48,19-26(6)7)39-50(43-51,23-30(14)15)40-47(34-44,20-27(8)9)38-49(36-45,42-51)22-29(12)13/h24-30H,16-23H2,1-15H3. The molecule has 0 aromatic heterocycles. The Morgan fingerprint density at radius 2 is 0.451 bits per heavy atom. The number of rotatable bonds is 16. The molecular weight excluding hydrogens is 793 g/mol. The molecule has 8 bridgehead atoms. The van der Waals surface area contributed by atoms with Crippen molar-refractivity contribution in [3.05, 3.63) is 0 Å². The summed E-state index contributed by atoms with van der Waals surface area (Å²) in [5.74, 6) is 0.800. The molecule has 0 atom stereocenters. The lowest BCUT2D eigenvalue weighted by atomic mass is 10.3. The van der Waals surface area contributed by atoms with Gasteiger partial charge < -0.3 is 53.8 Å². The molecule has 6 fully saturated rings. The van der Waals surface area contributed by atoms with E-state index in [1.165, 1.54) is 0 Å². The van der Waals surface area contributed by atoms with Crippen molar-refractivity contribution in [3.8, 4) is 0 Å². The van der Waals surface area contributed by atoms with Crippen LogP contribution in [0.2, 0.25) is 42.3 Å². The molecule has 6 aliphatic heterocycles. The molecule has 0 saturated carbocycles. The Bertz CT molecular complexity index is 1060. The summed E-state index contributed by atoms with van der Waals surface area (Å²) in [4.78, 5) is 0. The van der Waals surface area contributed by atoms with Crippen molar-refractivity contribution >= 4 is 70.7 Å². The number of hydrogen-bond acceptors (Lipinski definition) is 13. The van der Waals surface area contributed by atoms with Gasteiger partial charge in [0, 0.05) is 48.9 Å². The lowest BCUT2D eigenvalue weighted by molar-refractivity contribution is -0.0610. The largest absolute Gasteiger partial charge is 0.657 e. The van der Waals surface area contributed by atoms with Crippen molar-refractivity contribution in [1.29, 1.82) is 0 Å². The van der Waals surface area contributed by atoms with E-state index in [-0.39, 0.29) is 48.0 Å². The fraction of sp³-hybridized carbons (Fsp3) is 1.00. The molecular formula is C30H68O13Si8. The fourth-order valence-electron chi connectivity index (χ4n) is 7.84. The van der Waals surface area contributed by atoms with E-state index in [4.69, 9.17) is 53.8 Å². The molecule has 0 spiro atoms. The van der Waals surface area contributed by atoms with E-state index in [1.807, 2.05) is 6.92 Å². The Morgan fingerprint density at radius 3 is 0.588 bits per heavy atom. The van der Waals surface area contributed by atoms with Gasteiger partial charge in [-0.3, -0.25) is 0 Å². The van der Waals surface area contributed by atoms with E-state index in [0.29, 0.717) is 42.3 Å². The second kappa shape index (κ2) is 15.5. The van der Waals surface area contributed by atoms with Crippen LogP contribution in [0.25, 0.3) is 0 Å². The predicted molar refractivity (Wildman–Crippen MR) is 208 cm³/mol. The minimum atomic E-state index is -4.29. The van der Waals surface area contributed by atoms with Crippen LogP contribution in [0.1, 0.15) is 104 Å². The van der Waals surface area contributed by atoms with Crippen molar-refractivity contribution in [1.82, 2.24) is 0 Å². The Morgan fingerprint density at radius 1 is 0.294 bits per heavy atom. The van der Waals surface area contributed by atoms with Crippen LogP contribution < -0.4 is 0 Å². The lowest BCUT2D eigenvalue weighted by Gasteiger charge is -2.63. The SMILES string of the molecule is CCO[Si]12O[Si]3(CC(C)C)O[Si]4(CC(C)C)O[Si]5(CC(C)C)O[Si](CC(C)C)(O3)O[Si](CC(C)C)(O[Si](CC(C)C)(O5)O[Si](CC(C)C)(O4)O1)O2. The molecule has 6 aliphatic rings. The van der Waals surface area contributed by atoms with Gasteiger partial charge in [-0.15, -0.1) is 0 Å². The monoisotopic (exact) mass is 860 g/mol. The second-order valence-electron chi connectivity index (χ2n) is 18.1. The number of hydrogen-bond donors (Lipinski definition) is 0. The summed E-state index contributed by atoms with van der Waals surface area (Å²) in [5.41, 5.74) is 0. The fourth-order valence-corrected chi connectivity index (χ4v) is 57.5. The molecule has 51 heavy (non-hydrogen) atoms. The molecule has 21 heteroatoms. The highest BCUT2D eigenvalue weighted by atomic mass is 28.6. The van der Waals surface area contributed by atoms with Crippen molar-refractivity contribution in [3.63, 3.8) is 0 Å². The third kappa shape index (κ3) is 9.85. The van der Waals surface area contributed by atoms with Crippen LogP contribution >= 0.6 is 0 Å². The Hall–Kier alpha value is 1.22. The van der Waals surface area contributed by atoms with Crippen molar-refractivity contribution in [2.45, 2.75) is 146 Å². The van der Waals surface area contributed by atoms with Crippen LogP contribution in [0, 0.1) is 41.4 Å². The van der Waals surface area contributed by atoms with Gasteiger partial charge in [0.05, 0.1) is 0 Å². The van der Waals surface area contributed by atoms with Gasteiger partial charge in [0.25, 0.3) is 0 Å². The van der Waals surface area contributed by atoms with Crippen molar-refractivity contribution in [2.75, 3.05) is 6.61 Å². The second-order valence-corrected chi connectivity index (χ2v) is 41.6.